The Morgan fingerprint density at radius 3 is 2.00 bits per heavy atom. The largest absolute Gasteiger partial charge is 0.304 e. The Kier molecular flexibility index (Phi) is 0.653. The van der Waals surface area contributed by atoms with Gasteiger partial charge in [0.05, 0.1) is 0 Å². The molecule has 1 saturated carbocycles. The minimum atomic E-state index is 0.644. The van der Waals surface area contributed by atoms with Crippen molar-refractivity contribution in [2.45, 2.75) is 6.42 Å². The highest BCUT2D eigenvalue weighted by atomic mass is 14.5. The van der Waals surface area contributed by atoms with E-state index >= 15 is 0 Å². The third kappa shape index (κ3) is 0.411. The molecular weight excluding hydrogens is 86.1 g/mol. The molecule has 7 heavy (non-hydrogen) atoms. The molecule has 1 aliphatic carbocycles. The molecule has 0 unspecified atom stereocenters. The SMILES string of the molecule is C=C1CC(=N)C1=C. The highest BCUT2D eigenvalue weighted by molar-refractivity contribution is 6.10. The lowest BCUT2D eigenvalue weighted by Gasteiger charge is -2.19. The van der Waals surface area contributed by atoms with E-state index in [9.17, 15) is 0 Å². The van der Waals surface area contributed by atoms with Crippen LogP contribution in [0.3, 0.4) is 0 Å². The smallest absolute Gasteiger partial charge is 0.0426 e. The maximum Gasteiger partial charge on any atom is 0.0426 e. The van der Waals surface area contributed by atoms with Gasteiger partial charge in [0.2, 0.25) is 0 Å². The summed E-state index contributed by atoms with van der Waals surface area (Å²) in [6.07, 6.45) is 0.749. The molecular formula is C6H7N. The van der Waals surface area contributed by atoms with Crippen molar-refractivity contribution in [3.05, 3.63) is 24.3 Å². The van der Waals surface area contributed by atoms with Gasteiger partial charge in [-0.2, -0.15) is 0 Å². The molecule has 0 aromatic heterocycles. The van der Waals surface area contributed by atoms with Gasteiger partial charge in [0.25, 0.3) is 0 Å². The Morgan fingerprint density at radius 2 is 2.00 bits per heavy atom. The van der Waals surface area contributed by atoms with Crippen LogP contribution in [0.4, 0.5) is 0 Å². The van der Waals surface area contributed by atoms with E-state index < -0.39 is 0 Å². The molecule has 0 amide bonds. The van der Waals surface area contributed by atoms with Crippen molar-refractivity contribution in [1.82, 2.24) is 0 Å². The predicted octanol–water partition coefficient (Wildman–Crippen LogP) is 1.52. The van der Waals surface area contributed by atoms with Crippen LogP contribution in [0.1, 0.15) is 6.42 Å². The van der Waals surface area contributed by atoms with Gasteiger partial charge in [0.15, 0.2) is 0 Å². The highest BCUT2D eigenvalue weighted by Crippen LogP contribution is 2.24. The van der Waals surface area contributed by atoms with E-state index in [2.05, 4.69) is 13.2 Å². The summed E-state index contributed by atoms with van der Waals surface area (Å²) in [4.78, 5) is 0. The average molecular weight is 93.1 g/mol. The molecule has 1 heteroatoms. The van der Waals surface area contributed by atoms with Gasteiger partial charge >= 0.3 is 0 Å². The zero-order valence-electron chi connectivity index (χ0n) is 4.12. The highest BCUT2D eigenvalue weighted by Gasteiger charge is 2.17. The lowest BCUT2D eigenvalue weighted by Crippen LogP contribution is -2.14. The second-order valence-corrected chi connectivity index (χ2v) is 1.74. The summed E-state index contributed by atoms with van der Waals surface area (Å²) in [5, 5.41) is 7.01. The molecule has 0 radical (unpaired) electrons. The second kappa shape index (κ2) is 1.06. The standard InChI is InChI=1S/C6H7N/c1-4-3-6(7)5(4)2/h7H,1-3H2. The Morgan fingerprint density at radius 1 is 1.43 bits per heavy atom. The molecule has 0 saturated heterocycles. The number of nitrogens with one attached hydrogen (secondary N) is 1. The van der Waals surface area contributed by atoms with Crippen LogP contribution >= 0.6 is 0 Å². The summed E-state index contributed by atoms with van der Waals surface area (Å²) >= 11 is 0. The average Bonchev–Trinajstić information content (AvgIpc) is 1.68. The minimum absolute atomic E-state index is 0.644. The van der Waals surface area contributed by atoms with Gasteiger partial charge in [-0.25, -0.2) is 0 Å². The summed E-state index contributed by atoms with van der Waals surface area (Å²) in [5.41, 5.74) is 2.50. The Labute approximate surface area is 42.9 Å². The summed E-state index contributed by atoms with van der Waals surface area (Å²) in [7, 11) is 0. The zero-order chi connectivity index (χ0) is 5.44. The molecule has 1 rings (SSSR count). The fraction of sp³-hybridized carbons (Fsp3) is 0.167. The maximum absolute atomic E-state index is 7.01. The minimum Gasteiger partial charge on any atom is -0.304 e. The summed E-state index contributed by atoms with van der Waals surface area (Å²) < 4.78 is 0. The first kappa shape index (κ1) is 4.31. The van der Waals surface area contributed by atoms with Crippen LogP contribution in [0.5, 0.6) is 0 Å². The molecule has 1 nitrogen and oxygen atoms in total. The number of rotatable bonds is 0. The first-order valence-corrected chi connectivity index (χ1v) is 2.16. The molecule has 0 aromatic rings. The lowest BCUT2D eigenvalue weighted by molar-refractivity contribution is 1.19. The number of hydrogen-bond donors (Lipinski definition) is 1. The molecule has 0 bridgehead atoms. The molecule has 0 spiro atoms. The van der Waals surface area contributed by atoms with Crippen molar-refractivity contribution < 1.29 is 0 Å². The van der Waals surface area contributed by atoms with Gasteiger partial charge in [-0.15, -0.1) is 0 Å². The topological polar surface area (TPSA) is 23.9 Å². The van der Waals surface area contributed by atoms with Gasteiger partial charge in [-0.3, -0.25) is 0 Å². The zero-order valence-corrected chi connectivity index (χ0v) is 4.12. The molecule has 1 N–H and O–H groups in total. The second-order valence-electron chi connectivity index (χ2n) is 1.74. The van der Waals surface area contributed by atoms with Gasteiger partial charge < -0.3 is 5.41 Å². The van der Waals surface area contributed by atoms with E-state index in [-0.39, 0.29) is 0 Å². The van der Waals surface area contributed by atoms with E-state index in [0.717, 1.165) is 17.6 Å². The van der Waals surface area contributed by atoms with Crippen molar-refractivity contribution in [2.75, 3.05) is 0 Å². The van der Waals surface area contributed by atoms with Crippen molar-refractivity contribution in [2.24, 2.45) is 0 Å². The Balaban J connectivity index is 2.78. The van der Waals surface area contributed by atoms with Crippen LogP contribution in [0.2, 0.25) is 0 Å². The maximum atomic E-state index is 7.01. The van der Waals surface area contributed by atoms with Crippen molar-refractivity contribution in [3.63, 3.8) is 0 Å². The van der Waals surface area contributed by atoms with E-state index in [0.29, 0.717) is 5.71 Å². The third-order valence-corrected chi connectivity index (χ3v) is 1.18. The van der Waals surface area contributed by atoms with Crippen LogP contribution < -0.4 is 0 Å². The quantitative estimate of drug-likeness (QED) is 0.469. The first-order chi connectivity index (χ1) is 3.22. The summed E-state index contributed by atoms with van der Waals surface area (Å²) in [6.45, 7) is 7.25. The third-order valence-electron chi connectivity index (χ3n) is 1.18. The monoisotopic (exact) mass is 93.1 g/mol. The lowest BCUT2D eigenvalue weighted by atomic mass is 9.86. The molecule has 36 valence electrons. The predicted molar refractivity (Wildman–Crippen MR) is 30.6 cm³/mol. The summed E-state index contributed by atoms with van der Waals surface area (Å²) in [5.74, 6) is 0. The molecule has 0 aliphatic heterocycles. The molecule has 0 heterocycles. The molecule has 1 aliphatic rings. The van der Waals surface area contributed by atoms with Crippen LogP contribution in [0, 0.1) is 5.41 Å². The number of hydrogen-bond acceptors (Lipinski definition) is 1. The van der Waals surface area contributed by atoms with Gasteiger partial charge in [-0.05, 0) is 11.1 Å². The van der Waals surface area contributed by atoms with E-state index in [1.807, 2.05) is 0 Å². The Bertz CT molecular complexity index is 138. The van der Waals surface area contributed by atoms with Gasteiger partial charge in [-0.1, -0.05) is 13.2 Å². The first-order valence-electron chi connectivity index (χ1n) is 2.16. The van der Waals surface area contributed by atoms with Crippen LogP contribution in [-0.4, -0.2) is 5.71 Å². The number of allylic oxidation sites excluding steroid dienone is 2. The van der Waals surface area contributed by atoms with Gasteiger partial charge in [0.1, 0.15) is 0 Å². The van der Waals surface area contributed by atoms with Crippen molar-refractivity contribution >= 4 is 5.71 Å². The van der Waals surface area contributed by atoms with E-state index in [1.165, 1.54) is 0 Å². The molecule has 1 fully saturated rings. The summed E-state index contributed by atoms with van der Waals surface area (Å²) in [6, 6.07) is 0. The van der Waals surface area contributed by atoms with E-state index in [4.69, 9.17) is 5.41 Å². The van der Waals surface area contributed by atoms with Crippen molar-refractivity contribution in [3.8, 4) is 0 Å². The van der Waals surface area contributed by atoms with Crippen LogP contribution in [0.25, 0.3) is 0 Å². The molecule has 0 atom stereocenters. The normalized spacial score (nSPS) is 19.7. The van der Waals surface area contributed by atoms with E-state index in [1.54, 1.807) is 0 Å². The molecule has 0 aromatic carbocycles. The fourth-order valence-electron chi connectivity index (χ4n) is 0.533. The van der Waals surface area contributed by atoms with Gasteiger partial charge in [0, 0.05) is 12.1 Å². The van der Waals surface area contributed by atoms with Crippen LogP contribution in [-0.2, 0) is 0 Å². The van der Waals surface area contributed by atoms with Crippen molar-refractivity contribution in [1.29, 1.82) is 5.41 Å². The fourth-order valence-corrected chi connectivity index (χ4v) is 0.533. The Hall–Kier alpha value is -0.850. The van der Waals surface area contributed by atoms with Crippen LogP contribution in [0.15, 0.2) is 24.3 Å².